The molecule has 0 bridgehead atoms. The number of anilines is 1. The topological polar surface area (TPSA) is 109 Å². The number of amides is 2. The highest BCUT2D eigenvalue weighted by molar-refractivity contribution is 7.22. The Bertz CT molecular complexity index is 1140. The summed E-state index contributed by atoms with van der Waals surface area (Å²) in [5, 5.41) is 6.77. The van der Waals surface area contributed by atoms with E-state index in [4.69, 9.17) is 0 Å². The summed E-state index contributed by atoms with van der Waals surface area (Å²) < 4.78 is 1.82. The summed E-state index contributed by atoms with van der Waals surface area (Å²) in [6, 6.07) is 0.388. The lowest BCUT2D eigenvalue weighted by Gasteiger charge is -2.30. The van der Waals surface area contributed by atoms with Crippen LogP contribution in [0.3, 0.4) is 0 Å². The van der Waals surface area contributed by atoms with Gasteiger partial charge in [0.15, 0.2) is 10.8 Å². The van der Waals surface area contributed by atoms with Crippen molar-refractivity contribution in [2.45, 2.75) is 70.4 Å². The lowest BCUT2D eigenvalue weighted by Crippen LogP contribution is -2.41. The van der Waals surface area contributed by atoms with Crippen molar-refractivity contribution in [3.8, 4) is 0 Å². The third-order valence-corrected chi connectivity index (χ3v) is 7.99. The molecule has 10 heteroatoms. The number of allylic oxidation sites excluding steroid dienone is 1. The number of carbonyl (C=O) groups is 2. The minimum Gasteiger partial charge on any atom is -0.354 e. The molecule has 2 N–H and O–H groups in total. The smallest absolute Gasteiger partial charge is 0.273 e. The van der Waals surface area contributed by atoms with Gasteiger partial charge in [-0.3, -0.25) is 19.0 Å². The Balaban J connectivity index is 1.17. The summed E-state index contributed by atoms with van der Waals surface area (Å²) >= 11 is 1.32. The highest BCUT2D eigenvalue weighted by Crippen LogP contribution is 2.30. The Hall–Kier alpha value is -2.75. The van der Waals surface area contributed by atoms with E-state index in [1.54, 1.807) is 0 Å². The molecule has 9 nitrogen and oxygen atoms in total. The van der Waals surface area contributed by atoms with Gasteiger partial charge in [-0.05, 0) is 57.8 Å². The molecule has 0 radical (unpaired) electrons. The predicted octanol–water partition coefficient (Wildman–Crippen LogP) is 2.35. The van der Waals surface area contributed by atoms with E-state index in [1.807, 2.05) is 0 Å². The number of rotatable bonds is 8. The fraction of sp³-hybridized carbons (Fsp3) is 0.625. The van der Waals surface area contributed by atoms with Crippen molar-refractivity contribution in [3.63, 3.8) is 0 Å². The van der Waals surface area contributed by atoms with Crippen molar-refractivity contribution >= 4 is 38.6 Å². The SMILES string of the molecule is O=C(Cn1cnc2nc(N3CCC(C(=O)NC4CC4)CC3)sc2c1=O)NCCC1=CCCCC1. The van der Waals surface area contributed by atoms with E-state index < -0.39 is 0 Å². The van der Waals surface area contributed by atoms with Gasteiger partial charge in [0.2, 0.25) is 11.8 Å². The first kappa shape index (κ1) is 23.0. The van der Waals surface area contributed by atoms with E-state index in [0.29, 0.717) is 22.9 Å². The van der Waals surface area contributed by atoms with Gasteiger partial charge in [0, 0.05) is 31.6 Å². The van der Waals surface area contributed by atoms with Gasteiger partial charge in [0.25, 0.3) is 5.56 Å². The van der Waals surface area contributed by atoms with Crippen LogP contribution in [-0.2, 0) is 16.1 Å². The monoisotopic (exact) mass is 484 g/mol. The molecular formula is C24H32N6O3S. The maximum Gasteiger partial charge on any atom is 0.273 e. The lowest BCUT2D eigenvalue weighted by atomic mass is 9.96. The average Bonchev–Trinajstić information content (AvgIpc) is 3.56. The fourth-order valence-corrected chi connectivity index (χ4v) is 5.69. The molecule has 0 unspecified atom stereocenters. The number of nitrogens with zero attached hydrogens (tertiary/aromatic N) is 4. The van der Waals surface area contributed by atoms with Gasteiger partial charge in [-0.25, -0.2) is 4.98 Å². The maximum absolute atomic E-state index is 13.0. The third kappa shape index (κ3) is 5.48. The highest BCUT2D eigenvalue weighted by atomic mass is 32.1. The van der Waals surface area contributed by atoms with Crippen LogP contribution in [-0.4, -0.2) is 52.0 Å². The number of carbonyl (C=O) groups excluding carboxylic acids is 2. The van der Waals surface area contributed by atoms with Crippen LogP contribution in [0.5, 0.6) is 0 Å². The van der Waals surface area contributed by atoms with Crippen molar-refractivity contribution in [1.82, 2.24) is 25.2 Å². The first-order valence-electron chi connectivity index (χ1n) is 12.4. The fourth-order valence-electron chi connectivity index (χ4n) is 4.67. The molecule has 1 saturated carbocycles. The quantitative estimate of drug-likeness (QED) is 0.557. The van der Waals surface area contributed by atoms with E-state index in [9.17, 15) is 14.4 Å². The van der Waals surface area contributed by atoms with E-state index in [-0.39, 0.29) is 29.8 Å². The summed E-state index contributed by atoms with van der Waals surface area (Å²) in [5.41, 5.74) is 1.59. The average molecular weight is 485 g/mol. The van der Waals surface area contributed by atoms with Crippen LogP contribution in [0, 0.1) is 5.92 Å². The summed E-state index contributed by atoms with van der Waals surface area (Å²) in [6.45, 7) is 2.01. The highest BCUT2D eigenvalue weighted by Gasteiger charge is 2.30. The first-order valence-corrected chi connectivity index (χ1v) is 13.2. The molecule has 0 aromatic carbocycles. The van der Waals surface area contributed by atoms with Gasteiger partial charge in [0.1, 0.15) is 17.6 Å². The van der Waals surface area contributed by atoms with Crippen molar-refractivity contribution in [2.24, 2.45) is 5.92 Å². The Morgan fingerprint density at radius 3 is 2.71 bits per heavy atom. The lowest BCUT2D eigenvalue weighted by molar-refractivity contribution is -0.125. The number of thiazole rings is 1. The number of aromatic nitrogens is 3. The Morgan fingerprint density at radius 1 is 1.15 bits per heavy atom. The molecule has 2 aliphatic carbocycles. The second-order valence-corrected chi connectivity index (χ2v) is 10.6. The standard InChI is InChI=1S/C24H32N6O3S/c31-19(25-11-8-16-4-2-1-3-5-16)14-30-15-26-21-20(23(30)33)34-24(28-21)29-12-9-17(10-13-29)22(32)27-18-6-7-18/h4,15,17-18H,1-3,5-14H2,(H,25,31)(H,27,32). The van der Waals surface area contributed by atoms with Crippen molar-refractivity contribution < 1.29 is 9.59 Å². The van der Waals surface area contributed by atoms with Crippen LogP contribution in [0.4, 0.5) is 5.13 Å². The van der Waals surface area contributed by atoms with Gasteiger partial charge in [-0.2, -0.15) is 4.98 Å². The largest absolute Gasteiger partial charge is 0.354 e. The zero-order valence-electron chi connectivity index (χ0n) is 19.4. The van der Waals surface area contributed by atoms with Gasteiger partial charge < -0.3 is 15.5 Å². The molecule has 0 atom stereocenters. The molecule has 2 fully saturated rings. The maximum atomic E-state index is 13.0. The molecule has 3 heterocycles. The summed E-state index contributed by atoms with van der Waals surface area (Å²) in [5.74, 6) is 0.0372. The van der Waals surface area contributed by atoms with E-state index >= 15 is 0 Å². The first-order chi connectivity index (χ1) is 16.6. The predicted molar refractivity (Wildman–Crippen MR) is 132 cm³/mol. The van der Waals surface area contributed by atoms with Gasteiger partial charge in [-0.1, -0.05) is 23.0 Å². The van der Waals surface area contributed by atoms with E-state index in [2.05, 4.69) is 31.6 Å². The van der Waals surface area contributed by atoms with Crippen molar-refractivity contribution in [2.75, 3.05) is 24.5 Å². The van der Waals surface area contributed by atoms with Crippen LogP contribution in [0.25, 0.3) is 10.3 Å². The molecule has 34 heavy (non-hydrogen) atoms. The Labute approximate surface area is 202 Å². The molecule has 0 spiro atoms. The molecule has 1 aliphatic heterocycles. The normalized spacial score (nSPS) is 19.2. The van der Waals surface area contributed by atoms with Gasteiger partial charge in [0.05, 0.1) is 0 Å². The van der Waals surface area contributed by atoms with Crippen LogP contribution in [0.1, 0.15) is 57.8 Å². The summed E-state index contributed by atoms with van der Waals surface area (Å²) in [7, 11) is 0. The molecule has 182 valence electrons. The Morgan fingerprint density at radius 2 is 1.97 bits per heavy atom. The molecule has 5 rings (SSSR count). The number of piperidine rings is 1. The molecule has 3 aliphatic rings. The number of nitrogens with one attached hydrogen (secondary N) is 2. The van der Waals surface area contributed by atoms with E-state index in [1.165, 1.54) is 40.6 Å². The molecule has 2 aromatic heterocycles. The minimum atomic E-state index is -0.238. The minimum absolute atomic E-state index is 0.0461. The molecule has 2 aromatic rings. The van der Waals surface area contributed by atoms with Crippen LogP contribution in [0.2, 0.25) is 0 Å². The Kier molecular flexibility index (Phi) is 6.94. The molecular weight excluding hydrogens is 452 g/mol. The third-order valence-electron chi connectivity index (χ3n) is 6.90. The zero-order valence-corrected chi connectivity index (χ0v) is 20.2. The van der Waals surface area contributed by atoms with Gasteiger partial charge >= 0.3 is 0 Å². The van der Waals surface area contributed by atoms with Crippen molar-refractivity contribution in [1.29, 1.82) is 0 Å². The second kappa shape index (κ2) is 10.2. The van der Waals surface area contributed by atoms with Crippen LogP contribution >= 0.6 is 11.3 Å². The van der Waals surface area contributed by atoms with E-state index in [0.717, 1.165) is 63.2 Å². The van der Waals surface area contributed by atoms with Crippen LogP contribution < -0.4 is 21.1 Å². The zero-order chi connectivity index (χ0) is 23.5. The van der Waals surface area contributed by atoms with Crippen LogP contribution in [0.15, 0.2) is 22.8 Å². The number of fused-ring (bicyclic) bond motifs is 1. The number of hydrogen-bond acceptors (Lipinski definition) is 7. The number of hydrogen-bond donors (Lipinski definition) is 2. The molecule has 2 amide bonds. The summed E-state index contributed by atoms with van der Waals surface area (Å²) in [6.07, 6.45) is 13.1. The summed E-state index contributed by atoms with van der Waals surface area (Å²) in [4.78, 5) is 48.7. The molecule has 1 saturated heterocycles. The second-order valence-electron chi connectivity index (χ2n) is 9.58. The van der Waals surface area contributed by atoms with Gasteiger partial charge in [-0.15, -0.1) is 0 Å². The van der Waals surface area contributed by atoms with Crippen molar-refractivity contribution in [3.05, 3.63) is 28.3 Å².